The molecule has 0 saturated carbocycles. The maximum Gasteiger partial charge on any atom is 0.341 e. The standard InChI is InChI=1S/C25H35NO5S/c1-2-31-25(30)21-19-15-9-7-5-3-4-6-8-10-16-20(19)32-23(21)26-22(27)17-13-11-12-14-18(17)24(28)29/h11-12,17-18H,2-10,13-16H2,1H3,(H,26,27)(H,28,29)/t17-,18-/m1/s1. The van der Waals surface area contributed by atoms with E-state index in [1.165, 1.54) is 43.4 Å². The van der Waals surface area contributed by atoms with E-state index in [1.54, 1.807) is 6.92 Å². The fourth-order valence-electron chi connectivity index (χ4n) is 4.72. The summed E-state index contributed by atoms with van der Waals surface area (Å²) < 4.78 is 5.36. The Morgan fingerprint density at radius 2 is 1.56 bits per heavy atom. The van der Waals surface area contributed by atoms with E-state index >= 15 is 0 Å². The number of allylic oxidation sites excluding steroid dienone is 2. The van der Waals surface area contributed by atoms with Gasteiger partial charge in [-0.05, 0) is 51.0 Å². The minimum absolute atomic E-state index is 0.269. The summed E-state index contributed by atoms with van der Waals surface area (Å²) in [4.78, 5) is 38.9. The van der Waals surface area contributed by atoms with Gasteiger partial charge in [0, 0.05) is 4.88 Å². The third-order valence-corrected chi connectivity index (χ3v) is 7.68. The first kappa shape index (κ1) is 24.5. The lowest BCUT2D eigenvalue weighted by Crippen LogP contribution is -2.34. The highest BCUT2D eigenvalue weighted by Gasteiger charge is 2.35. The largest absolute Gasteiger partial charge is 0.481 e. The van der Waals surface area contributed by atoms with Gasteiger partial charge < -0.3 is 15.2 Å². The predicted octanol–water partition coefficient (Wildman–Crippen LogP) is 5.75. The van der Waals surface area contributed by atoms with Crippen LogP contribution >= 0.6 is 11.3 Å². The van der Waals surface area contributed by atoms with Gasteiger partial charge in [0.2, 0.25) is 5.91 Å². The number of esters is 1. The van der Waals surface area contributed by atoms with Gasteiger partial charge in [0.25, 0.3) is 0 Å². The van der Waals surface area contributed by atoms with E-state index in [1.807, 2.05) is 12.2 Å². The number of hydrogen-bond donors (Lipinski definition) is 2. The van der Waals surface area contributed by atoms with Crippen molar-refractivity contribution in [3.05, 3.63) is 28.2 Å². The molecule has 0 radical (unpaired) electrons. The molecule has 0 spiro atoms. The van der Waals surface area contributed by atoms with Crippen LogP contribution in [-0.4, -0.2) is 29.6 Å². The van der Waals surface area contributed by atoms with Crippen molar-refractivity contribution in [2.24, 2.45) is 11.8 Å². The molecule has 0 aromatic carbocycles. The molecular formula is C25H35NO5S. The second-order valence-electron chi connectivity index (χ2n) is 8.74. The summed E-state index contributed by atoms with van der Waals surface area (Å²) >= 11 is 1.47. The zero-order chi connectivity index (χ0) is 22.9. The molecule has 0 unspecified atom stereocenters. The Morgan fingerprint density at radius 3 is 2.19 bits per heavy atom. The van der Waals surface area contributed by atoms with E-state index in [4.69, 9.17) is 4.74 Å². The van der Waals surface area contributed by atoms with Gasteiger partial charge in [-0.15, -0.1) is 11.3 Å². The minimum atomic E-state index is -0.960. The van der Waals surface area contributed by atoms with Crippen LogP contribution in [0.5, 0.6) is 0 Å². The number of aliphatic carboxylic acids is 1. The second kappa shape index (κ2) is 12.2. The topological polar surface area (TPSA) is 92.7 Å². The molecule has 0 saturated heterocycles. The van der Waals surface area contributed by atoms with Crippen LogP contribution in [0.15, 0.2) is 12.2 Å². The Kier molecular flexibility index (Phi) is 9.33. The fourth-order valence-corrected chi connectivity index (χ4v) is 6.00. The van der Waals surface area contributed by atoms with Gasteiger partial charge in [0.1, 0.15) is 5.00 Å². The molecule has 0 aliphatic heterocycles. The van der Waals surface area contributed by atoms with E-state index in [2.05, 4.69) is 5.32 Å². The summed E-state index contributed by atoms with van der Waals surface area (Å²) in [6.07, 6.45) is 15.5. The van der Waals surface area contributed by atoms with Crippen LogP contribution in [0.4, 0.5) is 5.00 Å². The lowest BCUT2D eigenvalue weighted by molar-refractivity contribution is -0.146. The average Bonchev–Trinajstić information content (AvgIpc) is 3.10. The van der Waals surface area contributed by atoms with Crippen LogP contribution in [0.1, 0.15) is 91.9 Å². The van der Waals surface area contributed by atoms with Crippen molar-refractivity contribution in [3.8, 4) is 0 Å². The average molecular weight is 462 g/mol. The Bertz CT molecular complexity index is 844. The maximum atomic E-state index is 13.1. The summed E-state index contributed by atoms with van der Waals surface area (Å²) in [5.74, 6) is -3.07. The maximum absolute atomic E-state index is 13.1. The molecule has 32 heavy (non-hydrogen) atoms. The third kappa shape index (κ3) is 6.21. The van der Waals surface area contributed by atoms with Crippen molar-refractivity contribution in [2.45, 2.75) is 84.0 Å². The molecule has 2 atom stereocenters. The zero-order valence-electron chi connectivity index (χ0n) is 19.0. The highest BCUT2D eigenvalue weighted by molar-refractivity contribution is 7.17. The number of hydrogen-bond acceptors (Lipinski definition) is 5. The number of thiophene rings is 1. The van der Waals surface area contributed by atoms with E-state index in [-0.39, 0.29) is 12.5 Å². The number of amides is 1. The summed E-state index contributed by atoms with van der Waals surface area (Å²) in [5.41, 5.74) is 1.50. The third-order valence-electron chi connectivity index (χ3n) is 6.47. The zero-order valence-corrected chi connectivity index (χ0v) is 19.8. The van der Waals surface area contributed by atoms with E-state index in [0.717, 1.165) is 42.5 Å². The number of carbonyl (C=O) groups excluding carboxylic acids is 2. The number of ether oxygens (including phenoxy) is 1. The number of carbonyl (C=O) groups is 3. The van der Waals surface area contributed by atoms with E-state index in [9.17, 15) is 19.5 Å². The van der Waals surface area contributed by atoms with Crippen molar-refractivity contribution in [3.63, 3.8) is 0 Å². The summed E-state index contributed by atoms with van der Waals surface area (Å²) in [5, 5.41) is 13.0. The molecule has 2 N–H and O–H groups in total. The first-order valence-corrected chi connectivity index (χ1v) is 12.8. The Balaban J connectivity index is 1.90. The molecule has 2 aliphatic carbocycles. The molecule has 2 aliphatic rings. The minimum Gasteiger partial charge on any atom is -0.481 e. The van der Waals surface area contributed by atoms with Gasteiger partial charge >= 0.3 is 11.9 Å². The molecule has 7 heteroatoms. The quantitative estimate of drug-likeness (QED) is 0.430. The smallest absolute Gasteiger partial charge is 0.341 e. The lowest BCUT2D eigenvalue weighted by atomic mass is 9.82. The number of anilines is 1. The number of nitrogens with one attached hydrogen (secondary N) is 1. The van der Waals surface area contributed by atoms with Crippen LogP contribution in [0, 0.1) is 11.8 Å². The van der Waals surface area contributed by atoms with Crippen molar-refractivity contribution in [1.82, 2.24) is 0 Å². The number of carboxylic acids is 1. The lowest BCUT2D eigenvalue weighted by Gasteiger charge is -2.24. The first-order chi connectivity index (χ1) is 15.5. The molecule has 6 nitrogen and oxygen atoms in total. The van der Waals surface area contributed by atoms with Gasteiger partial charge in [0.15, 0.2) is 0 Å². The number of aryl methyl sites for hydroxylation is 1. The van der Waals surface area contributed by atoms with Crippen molar-refractivity contribution in [2.75, 3.05) is 11.9 Å². The Morgan fingerprint density at radius 1 is 0.969 bits per heavy atom. The summed E-state index contributed by atoms with van der Waals surface area (Å²) in [6.45, 7) is 2.05. The van der Waals surface area contributed by atoms with Crippen molar-refractivity contribution >= 4 is 34.2 Å². The van der Waals surface area contributed by atoms with Gasteiger partial charge in [-0.25, -0.2) is 4.79 Å². The molecule has 176 valence electrons. The molecular weight excluding hydrogens is 426 g/mol. The second-order valence-corrected chi connectivity index (χ2v) is 9.85. The van der Waals surface area contributed by atoms with Crippen LogP contribution in [0.25, 0.3) is 0 Å². The van der Waals surface area contributed by atoms with Crippen LogP contribution in [-0.2, 0) is 27.2 Å². The fraction of sp³-hybridized carbons (Fsp3) is 0.640. The van der Waals surface area contributed by atoms with E-state index < -0.39 is 23.8 Å². The molecule has 1 amide bonds. The van der Waals surface area contributed by atoms with E-state index in [0.29, 0.717) is 23.4 Å². The highest BCUT2D eigenvalue weighted by Crippen LogP contribution is 2.38. The molecule has 0 bridgehead atoms. The first-order valence-electron chi connectivity index (χ1n) is 12.0. The van der Waals surface area contributed by atoms with Crippen molar-refractivity contribution in [1.29, 1.82) is 0 Å². The normalized spacial score (nSPS) is 22.2. The number of rotatable bonds is 5. The SMILES string of the molecule is CCOC(=O)c1c(NC(=O)[C@@H]2CC=CC[C@H]2C(=O)O)sc2c1CCCCCCCCCC2. The monoisotopic (exact) mass is 461 g/mol. The van der Waals surface area contributed by atoms with Crippen LogP contribution in [0.2, 0.25) is 0 Å². The Labute approximate surface area is 194 Å². The van der Waals surface area contributed by atoms with Crippen molar-refractivity contribution < 1.29 is 24.2 Å². The van der Waals surface area contributed by atoms with Crippen LogP contribution < -0.4 is 5.32 Å². The van der Waals surface area contributed by atoms with Gasteiger partial charge in [0.05, 0.1) is 24.0 Å². The van der Waals surface area contributed by atoms with Crippen LogP contribution in [0.3, 0.4) is 0 Å². The highest BCUT2D eigenvalue weighted by atomic mass is 32.1. The van der Waals surface area contributed by atoms with Gasteiger partial charge in [-0.2, -0.15) is 0 Å². The summed E-state index contributed by atoms with van der Waals surface area (Å²) in [6, 6.07) is 0. The molecule has 0 fully saturated rings. The predicted molar refractivity (Wildman–Crippen MR) is 126 cm³/mol. The Hall–Kier alpha value is -2.15. The van der Waals surface area contributed by atoms with Gasteiger partial charge in [-0.1, -0.05) is 50.7 Å². The molecule has 3 rings (SSSR count). The molecule has 1 heterocycles. The number of carboxylic acid groups (broad SMARTS) is 1. The van der Waals surface area contributed by atoms with Gasteiger partial charge in [-0.3, -0.25) is 9.59 Å². The summed E-state index contributed by atoms with van der Waals surface area (Å²) in [7, 11) is 0. The molecule has 1 aromatic heterocycles. The number of fused-ring (bicyclic) bond motifs is 1. The molecule has 1 aromatic rings.